The highest BCUT2D eigenvalue weighted by Crippen LogP contribution is 2.01. The number of hydrogen-bond acceptors (Lipinski definition) is 4. The maximum absolute atomic E-state index is 10.6. The van der Waals surface area contributed by atoms with Gasteiger partial charge >= 0.3 is 13.1 Å². The van der Waals surface area contributed by atoms with Gasteiger partial charge in [0.2, 0.25) is 0 Å². The van der Waals surface area contributed by atoms with Crippen molar-refractivity contribution in [1.82, 2.24) is 0 Å². The third-order valence-electron chi connectivity index (χ3n) is 1.66. The van der Waals surface area contributed by atoms with Crippen molar-refractivity contribution in [1.29, 1.82) is 0 Å². The first kappa shape index (κ1) is 10.4. The third-order valence-corrected chi connectivity index (χ3v) is 1.66. The van der Waals surface area contributed by atoms with Crippen molar-refractivity contribution < 1.29 is 24.7 Å². The first-order chi connectivity index (χ1) is 6.54. The highest BCUT2D eigenvalue weighted by Gasteiger charge is 2.15. The monoisotopic (exact) mass is 194 g/mol. The molecule has 0 aromatic heterocycles. The summed E-state index contributed by atoms with van der Waals surface area (Å²) in [5.74, 6) is -1.23. The van der Waals surface area contributed by atoms with Gasteiger partial charge in [-0.05, 0) is 17.6 Å². The zero-order chi connectivity index (χ0) is 10.7. The number of carbonyl (C=O) groups is 2. The first-order valence-corrected chi connectivity index (χ1v) is 3.74. The van der Waals surface area contributed by atoms with E-state index in [0.29, 0.717) is 6.29 Å². The topological polar surface area (TPSA) is 94.8 Å². The third kappa shape index (κ3) is 2.18. The van der Waals surface area contributed by atoms with Gasteiger partial charge in [0.05, 0.1) is 5.56 Å². The number of aldehydes is 1. The van der Waals surface area contributed by atoms with Crippen molar-refractivity contribution >= 4 is 24.8 Å². The number of carbonyl (C=O) groups excluding carboxylic acids is 1. The van der Waals surface area contributed by atoms with E-state index in [0.717, 1.165) is 12.1 Å². The second-order valence-electron chi connectivity index (χ2n) is 2.69. The van der Waals surface area contributed by atoms with Crippen molar-refractivity contribution in [3.8, 4) is 0 Å². The van der Waals surface area contributed by atoms with Crippen molar-refractivity contribution in [2.24, 2.45) is 0 Å². The van der Waals surface area contributed by atoms with Crippen molar-refractivity contribution in [3.63, 3.8) is 0 Å². The molecular weight excluding hydrogens is 187 g/mol. The van der Waals surface area contributed by atoms with Gasteiger partial charge in [0.25, 0.3) is 0 Å². The van der Waals surface area contributed by atoms with E-state index in [2.05, 4.69) is 0 Å². The summed E-state index contributed by atoms with van der Waals surface area (Å²) in [5.41, 5.74) is -0.0855. The molecule has 0 fully saturated rings. The van der Waals surface area contributed by atoms with Gasteiger partial charge in [0.1, 0.15) is 6.29 Å². The smallest absolute Gasteiger partial charge is 0.478 e. The molecule has 0 amide bonds. The lowest BCUT2D eigenvalue weighted by Gasteiger charge is -2.02. The van der Waals surface area contributed by atoms with Gasteiger partial charge in [-0.25, -0.2) is 4.79 Å². The maximum Gasteiger partial charge on any atom is 0.488 e. The largest absolute Gasteiger partial charge is 0.488 e. The minimum atomic E-state index is -1.78. The number of aromatic carboxylic acids is 1. The van der Waals surface area contributed by atoms with Crippen LogP contribution < -0.4 is 5.46 Å². The Balaban J connectivity index is 3.27. The van der Waals surface area contributed by atoms with Gasteiger partial charge in [-0.3, -0.25) is 4.79 Å². The summed E-state index contributed by atoms with van der Waals surface area (Å²) in [4.78, 5) is 21.0. The standard InChI is InChI=1S/C8H7BO5/c10-4-5-1-6(8(11)12)3-7(2-5)9(13)14/h1-4,13-14H,(H,11,12). The molecule has 0 aliphatic carbocycles. The van der Waals surface area contributed by atoms with Crippen LogP contribution in [-0.2, 0) is 0 Å². The molecule has 1 aromatic rings. The lowest BCUT2D eigenvalue weighted by Crippen LogP contribution is -2.31. The maximum atomic E-state index is 10.6. The van der Waals surface area contributed by atoms with E-state index in [4.69, 9.17) is 15.2 Å². The molecule has 0 atom stereocenters. The summed E-state index contributed by atoms with van der Waals surface area (Å²) < 4.78 is 0. The van der Waals surface area contributed by atoms with Crippen LogP contribution in [0.5, 0.6) is 0 Å². The van der Waals surface area contributed by atoms with E-state index in [1.165, 1.54) is 6.07 Å². The summed E-state index contributed by atoms with van der Waals surface area (Å²) >= 11 is 0. The summed E-state index contributed by atoms with van der Waals surface area (Å²) in [7, 11) is -1.78. The lowest BCUT2D eigenvalue weighted by atomic mass is 9.78. The first-order valence-electron chi connectivity index (χ1n) is 3.74. The number of carboxylic acid groups (broad SMARTS) is 1. The summed E-state index contributed by atoms with van der Waals surface area (Å²) in [5, 5.41) is 26.2. The molecule has 0 unspecified atom stereocenters. The van der Waals surface area contributed by atoms with Gasteiger partial charge in [0.15, 0.2) is 0 Å². The molecule has 0 saturated carbocycles. The van der Waals surface area contributed by atoms with Crippen molar-refractivity contribution in [2.75, 3.05) is 0 Å². The Bertz CT molecular complexity index is 374. The van der Waals surface area contributed by atoms with Crippen LogP contribution in [0.3, 0.4) is 0 Å². The molecule has 0 heterocycles. The second kappa shape index (κ2) is 4.04. The van der Waals surface area contributed by atoms with Crippen LogP contribution in [0.2, 0.25) is 0 Å². The minimum Gasteiger partial charge on any atom is -0.478 e. The number of hydrogen-bond donors (Lipinski definition) is 3. The van der Waals surface area contributed by atoms with Crippen LogP contribution in [0.4, 0.5) is 0 Å². The fourth-order valence-electron chi connectivity index (χ4n) is 1.02. The highest BCUT2D eigenvalue weighted by molar-refractivity contribution is 6.58. The number of benzene rings is 1. The Hall–Kier alpha value is -1.66. The Morgan fingerprint density at radius 1 is 1.29 bits per heavy atom. The molecule has 14 heavy (non-hydrogen) atoms. The molecular formula is C8H7BO5. The Morgan fingerprint density at radius 3 is 2.36 bits per heavy atom. The highest BCUT2D eigenvalue weighted by atomic mass is 16.4. The van der Waals surface area contributed by atoms with E-state index in [1.807, 2.05) is 0 Å². The molecule has 0 bridgehead atoms. The number of carboxylic acids is 1. The van der Waals surface area contributed by atoms with Crippen LogP contribution in [-0.4, -0.2) is 34.5 Å². The second-order valence-corrected chi connectivity index (χ2v) is 2.69. The quantitative estimate of drug-likeness (QED) is 0.418. The zero-order valence-corrected chi connectivity index (χ0v) is 7.04. The Morgan fingerprint density at radius 2 is 1.93 bits per heavy atom. The molecule has 1 aromatic carbocycles. The van der Waals surface area contributed by atoms with E-state index >= 15 is 0 Å². The van der Waals surface area contributed by atoms with Crippen LogP contribution in [0.25, 0.3) is 0 Å². The molecule has 5 nitrogen and oxygen atoms in total. The number of rotatable bonds is 3. The molecule has 6 heteroatoms. The molecule has 0 radical (unpaired) electrons. The SMILES string of the molecule is O=Cc1cc(B(O)O)cc(C(=O)O)c1. The normalized spacial score (nSPS) is 9.57. The fraction of sp³-hybridized carbons (Fsp3) is 0. The molecule has 0 aliphatic rings. The van der Waals surface area contributed by atoms with Gasteiger partial charge in [-0.2, -0.15) is 0 Å². The van der Waals surface area contributed by atoms with Crippen molar-refractivity contribution in [2.45, 2.75) is 0 Å². The Labute approximate surface area is 79.8 Å². The van der Waals surface area contributed by atoms with E-state index in [9.17, 15) is 9.59 Å². The van der Waals surface area contributed by atoms with Crippen LogP contribution in [0.1, 0.15) is 20.7 Å². The van der Waals surface area contributed by atoms with E-state index < -0.39 is 13.1 Å². The average Bonchev–Trinajstić information content (AvgIpc) is 2.16. The summed E-state index contributed by atoms with van der Waals surface area (Å²) in [6.45, 7) is 0. The minimum absolute atomic E-state index is 0.0213. The molecule has 0 saturated heterocycles. The van der Waals surface area contributed by atoms with Crippen LogP contribution in [0, 0.1) is 0 Å². The predicted molar refractivity (Wildman–Crippen MR) is 48.6 cm³/mol. The van der Waals surface area contributed by atoms with Gasteiger partial charge in [0, 0.05) is 5.56 Å². The molecule has 0 aliphatic heterocycles. The molecule has 0 spiro atoms. The summed E-state index contributed by atoms with van der Waals surface area (Å²) in [6.07, 6.45) is 0.443. The van der Waals surface area contributed by atoms with Crippen LogP contribution in [0.15, 0.2) is 18.2 Å². The molecule has 1 rings (SSSR count). The predicted octanol–water partition coefficient (Wildman–Crippen LogP) is -1.12. The lowest BCUT2D eigenvalue weighted by molar-refractivity contribution is 0.0697. The van der Waals surface area contributed by atoms with E-state index in [-0.39, 0.29) is 16.6 Å². The van der Waals surface area contributed by atoms with Gasteiger partial charge in [-0.1, -0.05) is 6.07 Å². The summed E-state index contributed by atoms with van der Waals surface area (Å²) in [6, 6.07) is 3.46. The zero-order valence-electron chi connectivity index (χ0n) is 7.04. The van der Waals surface area contributed by atoms with Crippen molar-refractivity contribution in [3.05, 3.63) is 29.3 Å². The molecule has 72 valence electrons. The van der Waals surface area contributed by atoms with E-state index in [1.54, 1.807) is 0 Å². The fourth-order valence-corrected chi connectivity index (χ4v) is 1.02. The van der Waals surface area contributed by atoms with Gasteiger partial charge < -0.3 is 15.2 Å². The average molecular weight is 194 g/mol. The Kier molecular flexibility index (Phi) is 3.01. The van der Waals surface area contributed by atoms with Crippen LogP contribution >= 0.6 is 0 Å². The van der Waals surface area contributed by atoms with Gasteiger partial charge in [-0.15, -0.1) is 0 Å². The molecule has 3 N–H and O–H groups in total.